The zero-order valence-corrected chi connectivity index (χ0v) is 16.6. The molecular weight excluding hydrogens is 380 g/mol. The molecule has 3 amide bonds. The summed E-state index contributed by atoms with van der Waals surface area (Å²) < 4.78 is 10.5. The quantitative estimate of drug-likeness (QED) is 0.765. The van der Waals surface area contributed by atoms with Gasteiger partial charge in [-0.1, -0.05) is 17.2 Å². The molecule has 1 aromatic rings. The second kappa shape index (κ2) is 7.82. The van der Waals surface area contributed by atoms with Gasteiger partial charge in [0.1, 0.15) is 5.60 Å². The fourth-order valence-corrected chi connectivity index (χ4v) is 3.20. The zero-order valence-electron chi connectivity index (χ0n) is 16.6. The van der Waals surface area contributed by atoms with Gasteiger partial charge in [-0.2, -0.15) is 0 Å². The van der Waals surface area contributed by atoms with E-state index in [1.165, 1.54) is 12.1 Å². The van der Waals surface area contributed by atoms with Crippen LogP contribution < -0.4 is 5.32 Å². The number of nitrogens with one attached hydrogen (secondary N) is 1. The summed E-state index contributed by atoms with van der Waals surface area (Å²) in [4.78, 5) is 55.2. The van der Waals surface area contributed by atoms with Crippen LogP contribution in [0.4, 0.5) is 4.79 Å². The number of carbonyl (C=O) groups is 4. The third-order valence-corrected chi connectivity index (χ3v) is 4.78. The molecule has 0 saturated carbocycles. The molecule has 1 N–H and O–H groups in total. The fraction of sp³-hybridized carbons (Fsp3) is 0.500. The van der Waals surface area contributed by atoms with E-state index in [2.05, 4.69) is 5.32 Å². The second-order valence-electron chi connectivity index (χ2n) is 8.08. The molecule has 0 atom stereocenters. The Bertz CT molecular complexity index is 802. The van der Waals surface area contributed by atoms with E-state index in [0.717, 1.165) is 0 Å². The molecule has 9 nitrogen and oxygen atoms in total. The van der Waals surface area contributed by atoms with Gasteiger partial charge in [-0.15, -0.1) is 0 Å². The van der Waals surface area contributed by atoms with E-state index in [1.807, 2.05) is 0 Å². The van der Waals surface area contributed by atoms with Crippen molar-refractivity contribution < 1.29 is 33.5 Å². The smallest absolute Gasteiger partial charge is 0.407 e. The Labute approximate surface area is 168 Å². The Kier molecular flexibility index (Phi) is 5.61. The van der Waals surface area contributed by atoms with Gasteiger partial charge < -0.3 is 19.6 Å². The number of hydrogen-bond donors (Lipinski definition) is 1. The first-order valence-electron chi connectivity index (χ1n) is 9.38. The van der Waals surface area contributed by atoms with Crippen LogP contribution in [0.1, 0.15) is 54.3 Å². The van der Waals surface area contributed by atoms with Gasteiger partial charge in [0.2, 0.25) is 0 Å². The number of carbonyl (C=O) groups excluding carboxylic acids is 4. The molecule has 29 heavy (non-hydrogen) atoms. The van der Waals surface area contributed by atoms with Crippen LogP contribution in [0.3, 0.4) is 0 Å². The average Bonchev–Trinajstić information content (AvgIpc) is 2.91. The summed E-state index contributed by atoms with van der Waals surface area (Å²) in [6, 6.07) is 6.25. The first-order chi connectivity index (χ1) is 13.6. The highest BCUT2D eigenvalue weighted by atomic mass is 16.7. The Morgan fingerprint density at radius 1 is 1.10 bits per heavy atom. The molecule has 2 heterocycles. The summed E-state index contributed by atoms with van der Waals surface area (Å²) in [6.07, 6.45) is -0.132. The lowest BCUT2D eigenvalue weighted by atomic mass is 9.80. The van der Waals surface area contributed by atoms with Crippen molar-refractivity contribution in [3.05, 3.63) is 35.4 Å². The molecule has 0 spiro atoms. The van der Waals surface area contributed by atoms with Crippen molar-refractivity contribution in [1.29, 1.82) is 0 Å². The van der Waals surface area contributed by atoms with Crippen molar-refractivity contribution in [3.63, 3.8) is 0 Å². The maximum Gasteiger partial charge on any atom is 0.407 e. The first kappa shape index (κ1) is 20.8. The average molecular weight is 404 g/mol. The minimum absolute atomic E-state index is 0.0622. The highest BCUT2D eigenvalue weighted by Gasteiger charge is 2.47. The summed E-state index contributed by atoms with van der Waals surface area (Å²) in [5.74, 6) is -2.16. The third-order valence-electron chi connectivity index (χ3n) is 4.78. The first-order valence-corrected chi connectivity index (χ1v) is 9.38. The van der Waals surface area contributed by atoms with E-state index in [4.69, 9.17) is 14.3 Å². The minimum atomic E-state index is -1.13. The zero-order chi connectivity index (χ0) is 21.2. The number of fused-ring (bicyclic) bond motifs is 1. The van der Waals surface area contributed by atoms with Crippen LogP contribution in [0.15, 0.2) is 24.3 Å². The number of benzene rings is 1. The molecule has 2 aliphatic heterocycles. The number of rotatable bonds is 4. The highest BCUT2D eigenvalue weighted by Crippen LogP contribution is 2.33. The van der Waals surface area contributed by atoms with Gasteiger partial charge in [0.15, 0.2) is 0 Å². The molecule has 0 aliphatic carbocycles. The Morgan fingerprint density at radius 3 is 2.17 bits per heavy atom. The van der Waals surface area contributed by atoms with Gasteiger partial charge in [0.05, 0.1) is 16.5 Å². The second-order valence-corrected chi connectivity index (χ2v) is 8.08. The van der Waals surface area contributed by atoms with Crippen LogP contribution in [-0.4, -0.2) is 54.3 Å². The standard InChI is InChI=1S/C20H24N2O7/c1-19(2,3)28-18(26)21-12-20(8-10-27-11-9-20)17(25)29-22-15(23)13-6-4-5-7-14(13)16(22)24/h4-7H,8-12H2,1-3H3,(H,21,26). The summed E-state index contributed by atoms with van der Waals surface area (Å²) in [5, 5.41) is 3.07. The number of nitrogens with zero attached hydrogens (tertiary/aromatic N) is 1. The molecule has 156 valence electrons. The molecule has 0 bridgehead atoms. The van der Waals surface area contributed by atoms with Crippen molar-refractivity contribution in [3.8, 4) is 0 Å². The van der Waals surface area contributed by atoms with E-state index in [9.17, 15) is 19.2 Å². The van der Waals surface area contributed by atoms with Gasteiger partial charge >= 0.3 is 12.1 Å². The molecule has 0 unspecified atom stereocenters. The molecule has 2 aliphatic rings. The van der Waals surface area contributed by atoms with Gasteiger partial charge in [0.25, 0.3) is 11.8 Å². The molecule has 1 fully saturated rings. The topological polar surface area (TPSA) is 111 Å². The van der Waals surface area contributed by atoms with Crippen LogP contribution in [0.2, 0.25) is 0 Å². The van der Waals surface area contributed by atoms with Crippen molar-refractivity contribution in [2.45, 2.75) is 39.2 Å². The molecule has 0 radical (unpaired) electrons. The Hall–Kier alpha value is -2.94. The lowest BCUT2D eigenvalue weighted by molar-refractivity contribution is -0.186. The number of ether oxygens (including phenoxy) is 2. The lowest BCUT2D eigenvalue weighted by Gasteiger charge is -2.35. The normalized spacial score (nSPS) is 18.2. The van der Waals surface area contributed by atoms with Crippen LogP contribution in [0.25, 0.3) is 0 Å². The van der Waals surface area contributed by atoms with Crippen molar-refractivity contribution in [1.82, 2.24) is 10.4 Å². The number of amides is 3. The van der Waals surface area contributed by atoms with Crippen molar-refractivity contribution >= 4 is 23.9 Å². The minimum Gasteiger partial charge on any atom is -0.444 e. The largest absolute Gasteiger partial charge is 0.444 e. The highest BCUT2D eigenvalue weighted by molar-refractivity contribution is 6.20. The van der Waals surface area contributed by atoms with E-state index < -0.39 is 34.9 Å². The van der Waals surface area contributed by atoms with E-state index >= 15 is 0 Å². The van der Waals surface area contributed by atoms with Crippen LogP contribution in [-0.2, 0) is 19.1 Å². The van der Waals surface area contributed by atoms with Crippen LogP contribution >= 0.6 is 0 Å². The SMILES string of the molecule is CC(C)(C)OC(=O)NCC1(C(=O)ON2C(=O)c3ccccc3C2=O)CCOCC1. The third kappa shape index (κ3) is 4.40. The molecule has 3 rings (SSSR count). The number of hydroxylamine groups is 2. The molecule has 1 saturated heterocycles. The maximum atomic E-state index is 13.0. The Balaban J connectivity index is 1.72. The molecule has 0 aromatic heterocycles. The van der Waals surface area contributed by atoms with Crippen molar-refractivity contribution in [2.24, 2.45) is 5.41 Å². The van der Waals surface area contributed by atoms with E-state index in [0.29, 0.717) is 5.06 Å². The molecule has 1 aromatic carbocycles. The summed E-state index contributed by atoms with van der Waals surface area (Å²) in [7, 11) is 0. The summed E-state index contributed by atoms with van der Waals surface area (Å²) in [5.41, 5.74) is -1.46. The lowest BCUT2D eigenvalue weighted by Crippen LogP contribution is -2.50. The number of imide groups is 1. The summed E-state index contributed by atoms with van der Waals surface area (Å²) in [6.45, 7) is 5.70. The summed E-state index contributed by atoms with van der Waals surface area (Å²) >= 11 is 0. The number of alkyl carbamates (subject to hydrolysis) is 1. The molecule has 9 heteroatoms. The van der Waals surface area contributed by atoms with Gasteiger partial charge in [-0.3, -0.25) is 9.59 Å². The Morgan fingerprint density at radius 2 is 1.66 bits per heavy atom. The fourth-order valence-electron chi connectivity index (χ4n) is 3.20. The molecular formula is C20H24N2O7. The maximum absolute atomic E-state index is 13.0. The van der Waals surface area contributed by atoms with Gasteiger partial charge in [-0.05, 0) is 45.7 Å². The van der Waals surface area contributed by atoms with Crippen LogP contribution in [0.5, 0.6) is 0 Å². The van der Waals surface area contributed by atoms with Gasteiger partial charge in [-0.25, -0.2) is 9.59 Å². The number of hydrogen-bond acceptors (Lipinski definition) is 7. The predicted octanol–water partition coefficient (Wildman–Crippen LogP) is 2.06. The predicted molar refractivity (Wildman–Crippen MR) is 99.8 cm³/mol. The van der Waals surface area contributed by atoms with Gasteiger partial charge in [0, 0.05) is 19.8 Å². The van der Waals surface area contributed by atoms with Crippen molar-refractivity contribution in [2.75, 3.05) is 19.8 Å². The van der Waals surface area contributed by atoms with E-state index in [-0.39, 0.29) is 43.7 Å². The van der Waals surface area contributed by atoms with E-state index in [1.54, 1.807) is 32.9 Å². The monoisotopic (exact) mass is 404 g/mol. The van der Waals surface area contributed by atoms with Crippen LogP contribution in [0, 0.1) is 5.41 Å².